The number of amides is 2. The van der Waals surface area contributed by atoms with Crippen LogP contribution in [0.2, 0.25) is 5.02 Å². The Balaban J connectivity index is 1.75. The van der Waals surface area contributed by atoms with Crippen LogP contribution in [0.5, 0.6) is 5.75 Å². The quantitative estimate of drug-likeness (QED) is 0.516. The Morgan fingerprint density at radius 3 is 2.57 bits per heavy atom. The van der Waals surface area contributed by atoms with Crippen LogP contribution in [0.4, 0.5) is 16.2 Å². The van der Waals surface area contributed by atoms with Crippen molar-refractivity contribution in [2.75, 3.05) is 17.7 Å². The zero-order chi connectivity index (χ0) is 20.3. The Morgan fingerprint density at radius 2 is 1.89 bits per heavy atom. The second-order valence-electron chi connectivity index (χ2n) is 6.25. The number of methoxy groups -OCH3 is 1. The Kier molecular flexibility index (Phi) is 6.26. The van der Waals surface area contributed by atoms with E-state index in [1.807, 2.05) is 42.8 Å². The average Bonchev–Trinajstić information content (AvgIpc) is 2.91. The third-order valence-corrected chi connectivity index (χ3v) is 5.04. The molecule has 0 spiro atoms. The molecule has 3 aromatic rings. The van der Waals surface area contributed by atoms with E-state index in [0.29, 0.717) is 28.7 Å². The summed E-state index contributed by atoms with van der Waals surface area (Å²) in [5.41, 5.74) is 3.89. The van der Waals surface area contributed by atoms with Gasteiger partial charge in [0.05, 0.1) is 36.4 Å². The standard InChI is InChI=1S/C20H20BrClN4O2/c1-12-19(13(2)26(25-12)11-14-4-6-15(21)7-5-14)24-20(27)23-17-10-16(22)8-9-18(17)28-3/h4-10H,11H2,1-3H3,(H2,23,24,27). The number of halogens is 2. The van der Waals surface area contributed by atoms with Crippen LogP contribution in [0.3, 0.4) is 0 Å². The fraction of sp³-hybridized carbons (Fsp3) is 0.200. The minimum absolute atomic E-state index is 0.394. The maximum Gasteiger partial charge on any atom is 0.323 e. The summed E-state index contributed by atoms with van der Waals surface area (Å²) in [4.78, 5) is 12.5. The van der Waals surface area contributed by atoms with Crippen LogP contribution < -0.4 is 15.4 Å². The SMILES string of the molecule is COc1ccc(Cl)cc1NC(=O)Nc1c(C)nn(Cc2ccc(Br)cc2)c1C. The number of hydrogen-bond acceptors (Lipinski definition) is 3. The van der Waals surface area contributed by atoms with Crippen LogP contribution in [0.15, 0.2) is 46.9 Å². The molecule has 0 saturated carbocycles. The number of anilines is 2. The summed E-state index contributed by atoms with van der Waals surface area (Å²) in [6.45, 7) is 4.40. The Morgan fingerprint density at radius 1 is 1.18 bits per heavy atom. The zero-order valence-electron chi connectivity index (χ0n) is 15.7. The lowest BCUT2D eigenvalue weighted by Crippen LogP contribution is -2.20. The molecular weight excluding hydrogens is 444 g/mol. The molecule has 0 fully saturated rings. The molecule has 0 atom stereocenters. The van der Waals surface area contributed by atoms with Crippen molar-refractivity contribution < 1.29 is 9.53 Å². The van der Waals surface area contributed by atoms with E-state index < -0.39 is 6.03 Å². The number of carbonyl (C=O) groups excluding carboxylic acids is 1. The van der Waals surface area contributed by atoms with Crippen molar-refractivity contribution in [2.45, 2.75) is 20.4 Å². The highest BCUT2D eigenvalue weighted by molar-refractivity contribution is 9.10. The molecule has 146 valence electrons. The lowest BCUT2D eigenvalue weighted by Gasteiger charge is -2.12. The summed E-state index contributed by atoms with van der Waals surface area (Å²) in [5.74, 6) is 0.527. The van der Waals surface area contributed by atoms with Crippen molar-refractivity contribution >= 4 is 44.9 Å². The Bertz CT molecular complexity index is 1000. The van der Waals surface area contributed by atoms with E-state index in [4.69, 9.17) is 16.3 Å². The van der Waals surface area contributed by atoms with Crippen molar-refractivity contribution in [1.29, 1.82) is 0 Å². The first-order chi connectivity index (χ1) is 13.4. The van der Waals surface area contributed by atoms with Crippen molar-refractivity contribution in [1.82, 2.24) is 9.78 Å². The third-order valence-electron chi connectivity index (χ3n) is 4.28. The highest BCUT2D eigenvalue weighted by Crippen LogP contribution is 2.28. The molecular formula is C20H20BrClN4O2. The maximum atomic E-state index is 12.5. The molecule has 1 heterocycles. The number of aryl methyl sites for hydroxylation is 1. The molecule has 2 aromatic carbocycles. The topological polar surface area (TPSA) is 68.2 Å². The highest BCUT2D eigenvalue weighted by atomic mass is 79.9. The van der Waals surface area contributed by atoms with Crippen molar-refractivity contribution in [2.24, 2.45) is 0 Å². The molecule has 6 nitrogen and oxygen atoms in total. The monoisotopic (exact) mass is 462 g/mol. The number of benzene rings is 2. The summed E-state index contributed by atoms with van der Waals surface area (Å²) in [7, 11) is 1.53. The number of ether oxygens (including phenoxy) is 1. The van der Waals surface area contributed by atoms with Gasteiger partial charge in [0.25, 0.3) is 0 Å². The highest BCUT2D eigenvalue weighted by Gasteiger charge is 2.16. The van der Waals surface area contributed by atoms with E-state index in [1.54, 1.807) is 18.2 Å². The van der Waals surface area contributed by atoms with Crippen LogP contribution >= 0.6 is 27.5 Å². The summed E-state index contributed by atoms with van der Waals surface area (Å²) < 4.78 is 8.15. The molecule has 0 unspecified atom stereocenters. The average molecular weight is 464 g/mol. The van der Waals surface area contributed by atoms with Gasteiger partial charge in [-0.3, -0.25) is 4.68 Å². The van der Waals surface area contributed by atoms with E-state index in [2.05, 4.69) is 31.7 Å². The summed E-state index contributed by atoms with van der Waals surface area (Å²) in [6.07, 6.45) is 0. The van der Waals surface area contributed by atoms with Gasteiger partial charge in [0.15, 0.2) is 0 Å². The lowest BCUT2D eigenvalue weighted by molar-refractivity contribution is 0.262. The van der Waals surface area contributed by atoms with E-state index >= 15 is 0 Å². The molecule has 0 aliphatic rings. The Hall–Kier alpha value is -2.51. The van der Waals surface area contributed by atoms with Crippen LogP contribution in [0, 0.1) is 13.8 Å². The van der Waals surface area contributed by atoms with E-state index in [0.717, 1.165) is 21.4 Å². The normalized spacial score (nSPS) is 10.6. The van der Waals surface area contributed by atoms with Gasteiger partial charge in [0.2, 0.25) is 0 Å². The molecule has 8 heteroatoms. The predicted octanol–water partition coefficient (Wildman–Crippen LogP) is 5.62. The second-order valence-corrected chi connectivity index (χ2v) is 7.61. The first-order valence-corrected chi connectivity index (χ1v) is 9.74. The van der Waals surface area contributed by atoms with Gasteiger partial charge in [-0.15, -0.1) is 0 Å². The number of urea groups is 1. The van der Waals surface area contributed by atoms with Gasteiger partial charge in [-0.05, 0) is 49.7 Å². The smallest absolute Gasteiger partial charge is 0.323 e. The molecule has 0 aliphatic carbocycles. The van der Waals surface area contributed by atoms with Gasteiger partial charge >= 0.3 is 6.03 Å². The molecule has 2 amide bonds. The van der Waals surface area contributed by atoms with E-state index in [1.165, 1.54) is 7.11 Å². The Labute approximate surface area is 177 Å². The zero-order valence-corrected chi connectivity index (χ0v) is 18.1. The van der Waals surface area contributed by atoms with Crippen molar-refractivity contribution in [3.05, 3.63) is 68.9 Å². The summed E-state index contributed by atoms with van der Waals surface area (Å²) >= 11 is 9.45. The van der Waals surface area contributed by atoms with Gasteiger partial charge in [0.1, 0.15) is 5.75 Å². The molecule has 28 heavy (non-hydrogen) atoms. The molecule has 0 bridgehead atoms. The fourth-order valence-corrected chi connectivity index (χ4v) is 3.28. The molecule has 2 N–H and O–H groups in total. The molecule has 0 radical (unpaired) electrons. The minimum Gasteiger partial charge on any atom is -0.495 e. The number of hydrogen-bond donors (Lipinski definition) is 2. The minimum atomic E-state index is -0.394. The van der Waals surface area contributed by atoms with E-state index in [-0.39, 0.29) is 0 Å². The van der Waals surface area contributed by atoms with Crippen molar-refractivity contribution in [3.8, 4) is 5.75 Å². The van der Waals surface area contributed by atoms with E-state index in [9.17, 15) is 4.79 Å². The molecule has 0 saturated heterocycles. The predicted molar refractivity (Wildman–Crippen MR) is 116 cm³/mol. The second kappa shape index (κ2) is 8.67. The molecule has 1 aromatic heterocycles. The molecule has 0 aliphatic heterocycles. The third kappa shape index (κ3) is 4.66. The number of carbonyl (C=O) groups is 1. The number of rotatable bonds is 5. The van der Waals surface area contributed by atoms with Crippen LogP contribution in [-0.4, -0.2) is 22.9 Å². The van der Waals surface area contributed by atoms with Gasteiger partial charge < -0.3 is 15.4 Å². The van der Waals surface area contributed by atoms with Gasteiger partial charge in [-0.25, -0.2) is 4.79 Å². The first kappa shape index (κ1) is 20.2. The fourth-order valence-electron chi connectivity index (χ4n) is 2.84. The first-order valence-electron chi connectivity index (χ1n) is 8.57. The maximum absolute atomic E-state index is 12.5. The number of nitrogens with zero attached hydrogens (tertiary/aromatic N) is 2. The van der Waals surface area contributed by atoms with Gasteiger partial charge in [-0.2, -0.15) is 5.10 Å². The van der Waals surface area contributed by atoms with Crippen LogP contribution in [0.1, 0.15) is 17.0 Å². The molecule has 3 rings (SSSR count). The van der Waals surface area contributed by atoms with Gasteiger partial charge in [-0.1, -0.05) is 39.7 Å². The van der Waals surface area contributed by atoms with Crippen molar-refractivity contribution in [3.63, 3.8) is 0 Å². The largest absolute Gasteiger partial charge is 0.495 e. The van der Waals surface area contributed by atoms with Gasteiger partial charge in [0, 0.05) is 9.50 Å². The van der Waals surface area contributed by atoms with Crippen LogP contribution in [0.25, 0.3) is 0 Å². The summed E-state index contributed by atoms with van der Waals surface area (Å²) in [6, 6.07) is 12.7. The summed E-state index contributed by atoms with van der Waals surface area (Å²) in [5, 5.41) is 10.7. The van der Waals surface area contributed by atoms with Crippen LogP contribution in [-0.2, 0) is 6.54 Å². The number of aromatic nitrogens is 2. The lowest BCUT2D eigenvalue weighted by atomic mass is 10.2. The number of nitrogens with one attached hydrogen (secondary N) is 2.